The van der Waals surface area contributed by atoms with Crippen molar-refractivity contribution in [2.75, 3.05) is 0 Å². The molecule has 5 heteroatoms. The molecule has 1 N–H and O–H groups in total. The van der Waals surface area contributed by atoms with Crippen LogP contribution in [0.15, 0.2) is 10.5 Å². The van der Waals surface area contributed by atoms with Crippen LogP contribution in [-0.2, 0) is 0 Å². The van der Waals surface area contributed by atoms with Crippen molar-refractivity contribution in [2.45, 2.75) is 0 Å². The van der Waals surface area contributed by atoms with Crippen LogP contribution in [0.1, 0.15) is 26.7 Å². The number of carboxylic acids is 1. The Morgan fingerprint density at radius 1 is 1.75 bits per heavy atom. The molecule has 0 spiro atoms. The first kappa shape index (κ1) is 8.01. The molecule has 0 radical (unpaired) electrons. The van der Waals surface area contributed by atoms with E-state index in [-0.39, 0.29) is 17.1 Å². The summed E-state index contributed by atoms with van der Waals surface area (Å²) in [6.07, 6.45) is 0.341. The van der Waals surface area contributed by atoms with E-state index in [1.807, 2.05) is 0 Å². The van der Waals surface area contributed by atoms with Crippen LogP contribution in [0.5, 0.6) is 0 Å². The van der Waals surface area contributed by atoms with Gasteiger partial charge in [-0.3, -0.25) is 4.79 Å². The van der Waals surface area contributed by atoms with Gasteiger partial charge in [0.25, 0.3) is 0 Å². The smallest absolute Gasteiger partial charge is 0.340 e. The fraction of sp³-hybridized carbons (Fsp3) is 0. The van der Waals surface area contributed by atoms with Crippen molar-refractivity contribution in [3.63, 3.8) is 0 Å². The lowest BCUT2D eigenvalue weighted by Crippen LogP contribution is -1.95. The maximum absolute atomic E-state index is 10.4. The average molecular weight is 165 g/mol. The lowest BCUT2D eigenvalue weighted by atomic mass is 10.2. The van der Waals surface area contributed by atoms with Crippen molar-refractivity contribution in [1.29, 1.82) is 5.26 Å². The lowest BCUT2D eigenvalue weighted by molar-refractivity contribution is 0.0695. The molecule has 12 heavy (non-hydrogen) atoms. The summed E-state index contributed by atoms with van der Waals surface area (Å²) in [6, 6.07) is 2.53. The molecule has 0 aliphatic carbocycles. The highest BCUT2D eigenvalue weighted by molar-refractivity contribution is 5.91. The minimum absolute atomic E-state index is 0.163. The van der Waals surface area contributed by atoms with Gasteiger partial charge in [-0.25, -0.2) is 4.79 Å². The highest BCUT2D eigenvalue weighted by Gasteiger charge is 2.15. The molecule has 0 fully saturated rings. The van der Waals surface area contributed by atoms with Gasteiger partial charge in [0.15, 0.2) is 12.0 Å². The van der Waals surface area contributed by atoms with Gasteiger partial charge >= 0.3 is 5.97 Å². The summed E-state index contributed by atoms with van der Waals surface area (Å²) in [5, 5.41) is 16.8. The first-order chi connectivity index (χ1) is 5.69. The second-order valence-electron chi connectivity index (χ2n) is 1.93. The monoisotopic (exact) mass is 165 g/mol. The van der Waals surface area contributed by atoms with Crippen molar-refractivity contribution in [3.8, 4) is 6.07 Å². The number of aldehydes is 1. The molecule has 60 valence electrons. The summed E-state index contributed by atoms with van der Waals surface area (Å²) >= 11 is 0. The number of nitriles is 1. The van der Waals surface area contributed by atoms with Crippen molar-refractivity contribution in [1.82, 2.24) is 0 Å². The van der Waals surface area contributed by atoms with Gasteiger partial charge in [-0.15, -0.1) is 0 Å². The van der Waals surface area contributed by atoms with Gasteiger partial charge in [0, 0.05) is 6.07 Å². The van der Waals surface area contributed by atoms with E-state index in [1.165, 1.54) is 6.07 Å². The molecule has 1 heterocycles. The Kier molecular flexibility index (Phi) is 1.92. The molecule has 1 rings (SSSR count). The standard InChI is InChI=1S/C7H3NO4/c8-2-6-5(7(10)11)1-4(3-9)12-6/h1,3H,(H,10,11). The van der Waals surface area contributed by atoms with E-state index in [1.54, 1.807) is 0 Å². The van der Waals surface area contributed by atoms with Crippen LogP contribution in [0, 0.1) is 11.3 Å². The van der Waals surface area contributed by atoms with Crippen LogP contribution in [0.4, 0.5) is 0 Å². The molecule has 5 nitrogen and oxygen atoms in total. The average Bonchev–Trinajstić information content (AvgIpc) is 2.47. The molecule has 0 unspecified atom stereocenters. The SMILES string of the molecule is N#Cc1oc(C=O)cc1C(=O)O. The molecule has 0 aliphatic heterocycles. The van der Waals surface area contributed by atoms with E-state index >= 15 is 0 Å². The number of hydrogen-bond acceptors (Lipinski definition) is 4. The summed E-state index contributed by atoms with van der Waals surface area (Å²) in [4.78, 5) is 20.5. The summed E-state index contributed by atoms with van der Waals surface area (Å²) in [5.41, 5.74) is -0.292. The fourth-order valence-corrected chi connectivity index (χ4v) is 0.710. The molecule has 1 aromatic rings. The summed E-state index contributed by atoms with van der Waals surface area (Å²) in [7, 11) is 0. The Bertz CT molecular complexity index is 371. The van der Waals surface area contributed by atoms with Crippen LogP contribution < -0.4 is 0 Å². The first-order valence-corrected chi connectivity index (χ1v) is 2.91. The number of furan rings is 1. The first-order valence-electron chi connectivity index (χ1n) is 2.91. The third kappa shape index (κ3) is 1.18. The van der Waals surface area contributed by atoms with Crippen molar-refractivity contribution < 1.29 is 19.1 Å². The van der Waals surface area contributed by atoms with Crippen LogP contribution >= 0.6 is 0 Å². The van der Waals surface area contributed by atoms with E-state index in [9.17, 15) is 9.59 Å². The predicted molar refractivity (Wildman–Crippen MR) is 35.8 cm³/mol. The van der Waals surface area contributed by atoms with Crippen molar-refractivity contribution in [2.24, 2.45) is 0 Å². The number of aromatic carboxylic acids is 1. The molecule has 0 bridgehead atoms. The van der Waals surface area contributed by atoms with E-state index in [0.29, 0.717) is 6.29 Å². The highest BCUT2D eigenvalue weighted by atomic mass is 16.4. The number of carboxylic acid groups (broad SMARTS) is 1. The summed E-state index contributed by atoms with van der Waals surface area (Å²) in [6.45, 7) is 0. The van der Waals surface area contributed by atoms with Gasteiger partial charge in [-0.1, -0.05) is 0 Å². The number of carbonyl (C=O) groups is 2. The predicted octanol–water partition coefficient (Wildman–Crippen LogP) is 0.662. The van der Waals surface area contributed by atoms with E-state index < -0.39 is 5.97 Å². The molecule has 0 amide bonds. The number of nitrogens with zero attached hydrogens (tertiary/aromatic N) is 1. The lowest BCUT2D eigenvalue weighted by Gasteiger charge is -1.82. The maximum atomic E-state index is 10.4. The summed E-state index contributed by atoms with van der Waals surface area (Å²) < 4.78 is 4.56. The number of rotatable bonds is 2. The van der Waals surface area contributed by atoms with Gasteiger partial charge in [0.1, 0.15) is 11.6 Å². The molecule has 0 aromatic carbocycles. The van der Waals surface area contributed by atoms with Gasteiger partial charge in [-0.2, -0.15) is 5.26 Å². The van der Waals surface area contributed by atoms with Crippen LogP contribution in [0.2, 0.25) is 0 Å². The van der Waals surface area contributed by atoms with Gasteiger partial charge < -0.3 is 9.52 Å². The Labute approximate surface area is 66.8 Å². The van der Waals surface area contributed by atoms with Gasteiger partial charge in [0.05, 0.1) is 0 Å². The minimum Gasteiger partial charge on any atom is -0.478 e. The fourth-order valence-electron chi connectivity index (χ4n) is 0.710. The Balaban J connectivity index is 3.28. The van der Waals surface area contributed by atoms with Crippen molar-refractivity contribution in [3.05, 3.63) is 23.2 Å². The Hall–Kier alpha value is -2.09. The van der Waals surface area contributed by atoms with Crippen LogP contribution in [0.3, 0.4) is 0 Å². The quantitative estimate of drug-likeness (QED) is 0.650. The number of carbonyl (C=O) groups excluding carboxylic acids is 1. The molecule has 0 atom stereocenters. The maximum Gasteiger partial charge on any atom is 0.340 e. The Morgan fingerprint density at radius 3 is 2.75 bits per heavy atom. The largest absolute Gasteiger partial charge is 0.478 e. The van der Waals surface area contributed by atoms with E-state index in [2.05, 4.69) is 4.42 Å². The van der Waals surface area contributed by atoms with Crippen molar-refractivity contribution >= 4 is 12.3 Å². The topological polar surface area (TPSA) is 91.3 Å². The molecule has 1 aromatic heterocycles. The minimum atomic E-state index is -1.29. The molecule has 0 saturated heterocycles. The van der Waals surface area contributed by atoms with Crippen LogP contribution in [0.25, 0.3) is 0 Å². The highest BCUT2D eigenvalue weighted by Crippen LogP contribution is 2.12. The van der Waals surface area contributed by atoms with Gasteiger partial charge in [0.2, 0.25) is 5.76 Å². The van der Waals surface area contributed by atoms with E-state index in [0.717, 1.165) is 6.07 Å². The third-order valence-electron chi connectivity index (χ3n) is 1.20. The second kappa shape index (κ2) is 2.88. The normalized spacial score (nSPS) is 8.92. The van der Waals surface area contributed by atoms with Crippen LogP contribution in [-0.4, -0.2) is 17.4 Å². The van der Waals surface area contributed by atoms with Gasteiger partial charge in [-0.05, 0) is 0 Å². The second-order valence-corrected chi connectivity index (χ2v) is 1.93. The number of hydrogen-bond donors (Lipinski definition) is 1. The molecule has 0 aliphatic rings. The molecular formula is C7H3NO4. The zero-order valence-corrected chi connectivity index (χ0v) is 5.77. The van der Waals surface area contributed by atoms with E-state index in [4.69, 9.17) is 10.4 Å². The zero-order valence-electron chi connectivity index (χ0n) is 5.77. The zero-order chi connectivity index (χ0) is 9.14. The molecule has 0 saturated carbocycles. The summed E-state index contributed by atoms with van der Waals surface area (Å²) in [5.74, 6) is -1.81. The molecular weight excluding hydrogens is 162 g/mol. The Morgan fingerprint density at radius 2 is 2.42 bits per heavy atom. The third-order valence-corrected chi connectivity index (χ3v) is 1.20.